The fraction of sp³-hybridized carbons (Fsp3) is 0.194. The number of ketones is 1. The lowest BCUT2D eigenvalue weighted by molar-refractivity contribution is -0.150. The molecule has 1 atom stereocenters. The first-order valence-corrected chi connectivity index (χ1v) is 13.6. The number of hydrogen-bond acceptors (Lipinski definition) is 8. The van der Waals surface area contributed by atoms with E-state index in [1.165, 1.54) is 0 Å². The number of amides is 2. The molecule has 1 unspecified atom stereocenters. The summed E-state index contributed by atoms with van der Waals surface area (Å²) < 4.78 is 9.49. The number of carbonyl (C=O) groups excluding carboxylic acids is 4. The van der Waals surface area contributed by atoms with Crippen molar-refractivity contribution in [3.63, 3.8) is 0 Å². The summed E-state index contributed by atoms with van der Waals surface area (Å²) in [4.78, 5) is 55.4. The van der Waals surface area contributed by atoms with Crippen molar-refractivity contribution in [2.24, 2.45) is 0 Å². The van der Waals surface area contributed by atoms with Crippen LogP contribution in [0, 0.1) is 6.92 Å². The summed E-state index contributed by atoms with van der Waals surface area (Å²) in [6, 6.07) is 25.3. The Labute approximate surface area is 235 Å². The molecule has 0 spiro atoms. The van der Waals surface area contributed by atoms with Crippen LogP contribution < -0.4 is 5.32 Å². The Morgan fingerprint density at radius 1 is 0.925 bits per heavy atom. The zero-order valence-corrected chi connectivity index (χ0v) is 22.5. The van der Waals surface area contributed by atoms with Gasteiger partial charge in [0.05, 0.1) is 5.69 Å². The fourth-order valence-corrected chi connectivity index (χ4v) is 5.41. The summed E-state index contributed by atoms with van der Waals surface area (Å²) in [5, 5.41) is 1.60. The monoisotopic (exact) mass is 554 g/mol. The van der Waals surface area contributed by atoms with Gasteiger partial charge in [-0.2, -0.15) is 0 Å². The predicted molar refractivity (Wildman–Crippen MR) is 150 cm³/mol. The standard InChI is InChI=1S/C31H26N2O6S/c1-20-25(32-27(39-20)24-10-6-3-7-11-24)16-17-26(34)23-14-12-21(13-15-23)18-31(28(35)33-30(37)40-31)29(36)38-19-22-8-4-2-5-9-22/h2-15H,16-19H2,1H3,(H,33,35,37). The number of aryl methyl sites for hydroxylation is 2. The second-order valence-corrected chi connectivity index (χ2v) is 10.7. The van der Waals surface area contributed by atoms with Crippen molar-refractivity contribution < 1.29 is 28.3 Å². The van der Waals surface area contributed by atoms with Gasteiger partial charge in [0.2, 0.25) is 10.6 Å². The smallest absolute Gasteiger partial charge is 0.333 e. The fourth-order valence-electron chi connectivity index (χ4n) is 4.42. The lowest BCUT2D eigenvalue weighted by Gasteiger charge is -2.22. The van der Waals surface area contributed by atoms with Crippen LogP contribution >= 0.6 is 11.8 Å². The van der Waals surface area contributed by atoms with E-state index in [1.807, 2.05) is 55.5 Å². The van der Waals surface area contributed by atoms with E-state index in [9.17, 15) is 19.2 Å². The number of rotatable bonds is 10. The topological polar surface area (TPSA) is 116 Å². The van der Waals surface area contributed by atoms with Crippen molar-refractivity contribution in [1.29, 1.82) is 0 Å². The van der Waals surface area contributed by atoms with E-state index in [4.69, 9.17) is 9.15 Å². The van der Waals surface area contributed by atoms with E-state index in [0.29, 0.717) is 41.0 Å². The third-order valence-electron chi connectivity index (χ3n) is 6.62. The van der Waals surface area contributed by atoms with Crippen LogP contribution in [-0.2, 0) is 33.8 Å². The highest BCUT2D eigenvalue weighted by Crippen LogP contribution is 2.37. The first-order chi connectivity index (χ1) is 19.3. The number of thioether (sulfide) groups is 1. The van der Waals surface area contributed by atoms with Crippen LogP contribution in [0.1, 0.15) is 39.4 Å². The quantitative estimate of drug-likeness (QED) is 0.156. The van der Waals surface area contributed by atoms with E-state index >= 15 is 0 Å². The maximum atomic E-state index is 13.1. The SMILES string of the molecule is Cc1oc(-c2ccccc2)nc1CCC(=O)c1ccc(CC2(C(=O)OCc3ccccc3)SC(=O)NC2=O)cc1. The van der Waals surface area contributed by atoms with Crippen LogP contribution in [0.5, 0.6) is 0 Å². The Hall–Kier alpha value is -4.50. The number of ether oxygens (including phenoxy) is 1. The zero-order valence-electron chi connectivity index (χ0n) is 21.7. The van der Waals surface area contributed by atoms with Crippen LogP contribution in [0.2, 0.25) is 0 Å². The summed E-state index contributed by atoms with van der Waals surface area (Å²) in [6.07, 6.45) is 0.610. The average Bonchev–Trinajstić information content (AvgIpc) is 3.49. The first-order valence-electron chi connectivity index (χ1n) is 12.7. The highest BCUT2D eigenvalue weighted by Gasteiger charge is 2.55. The lowest BCUT2D eigenvalue weighted by atomic mass is 9.95. The summed E-state index contributed by atoms with van der Waals surface area (Å²) in [5.74, 6) is -0.376. The zero-order chi connectivity index (χ0) is 28.1. The number of nitrogens with zero attached hydrogens (tertiary/aromatic N) is 1. The molecule has 4 aromatic rings. The molecular weight excluding hydrogens is 528 g/mol. The summed E-state index contributed by atoms with van der Waals surface area (Å²) in [7, 11) is 0. The lowest BCUT2D eigenvalue weighted by Crippen LogP contribution is -2.46. The number of benzene rings is 3. The number of hydrogen-bond donors (Lipinski definition) is 1. The molecule has 0 saturated carbocycles. The second-order valence-electron chi connectivity index (χ2n) is 9.42. The van der Waals surface area contributed by atoms with Gasteiger partial charge in [-0.25, -0.2) is 9.78 Å². The van der Waals surface area contributed by atoms with E-state index in [-0.39, 0.29) is 25.2 Å². The van der Waals surface area contributed by atoms with Crippen LogP contribution in [0.25, 0.3) is 11.5 Å². The van der Waals surface area contributed by atoms with E-state index in [1.54, 1.807) is 36.4 Å². The van der Waals surface area contributed by atoms with Crippen molar-refractivity contribution in [2.45, 2.75) is 37.5 Å². The molecule has 1 aliphatic heterocycles. The average molecular weight is 555 g/mol. The molecular formula is C31H26N2O6S. The van der Waals surface area contributed by atoms with E-state index in [0.717, 1.165) is 16.8 Å². The normalized spacial score (nSPS) is 16.5. The third-order valence-corrected chi connectivity index (χ3v) is 7.76. The van der Waals surface area contributed by atoms with Gasteiger partial charge in [0, 0.05) is 30.4 Å². The Kier molecular flexibility index (Phi) is 7.93. The molecule has 3 aromatic carbocycles. The Morgan fingerprint density at radius 2 is 1.60 bits per heavy atom. The minimum absolute atomic E-state index is 0.0191. The van der Waals surface area contributed by atoms with Crippen LogP contribution in [0.15, 0.2) is 89.3 Å². The molecule has 5 rings (SSSR count). The van der Waals surface area contributed by atoms with Gasteiger partial charge >= 0.3 is 5.97 Å². The summed E-state index contributed by atoms with van der Waals surface area (Å²) in [6.45, 7) is 1.81. The molecule has 0 radical (unpaired) electrons. The molecule has 8 nitrogen and oxygen atoms in total. The molecule has 9 heteroatoms. The van der Waals surface area contributed by atoms with Crippen molar-refractivity contribution in [2.75, 3.05) is 0 Å². The molecule has 1 aliphatic rings. The number of oxazole rings is 1. The number of Topliss-reactive ketones (excluding diaryl/α,β-unsaturated/α-hetero) is 1. The number of aromatic nitrogens is 1. The van der Waals surface area contributed by atoms with Gasteiger partial charge in [-0.3, -0.25) is 19.7 Å². The molecule has 1 N–H and O–H groups in total. The van der Waals surface area contributed by atoms with Crippen LogP contribution in [0.3, 0.4) is 0 Å². The summed E-state index contributed by atoms with van der Waals surface area (Å²) in [5.41, 5.74) is 3.48. The van der Waals surface area contributed by atoms with E-state index < -0.39 is 21.9 Å². The Balaban J connectivity index is 1.24. The minimum Gasteiger partial charge on any atom is -0.459 e. The van der Waals surface area contributed by atoms with Gasteiger partial charge in [0.25, 0.3) is 11.1 Å². The number of esters is 1. The Morgan fingerprint density at radius 3 is 2.25 bits per heavy atom. The molecule has 1 saturated heterocycles. The Bertz CT molecular complexity index is 1550. The maximum absolute atomic E-state index is 13.1. The van der Waals surface area contributed by atoms with Crippen LogP contribution in [-0.4, -0.2) is 32.6 Å². The molecule has 1 fully saturated rings. The van der Waals surface area contributed by atoms with Crippen LogP contribution in [0.4, 0.5) is 4.79 Å². The minimum atomic E-state index is -1.74. The van der Waals surface area contributed by atoms with Gasteiger partial charge in [-0.1, -0.05) is 72.8 Å². The highest BCUT2D eigenvalue weighted by atomic mass is 32.2. The largest absolute Gasteiger partial charge is 0.459 e. The van der Waals surface area contributed by atoms with Crippen molar-refractivity contribution >= 4 is 34.7 Å². The number of nitrogens with one attached hydrogen (secondary N) is 1. The van der Waals surface area contributed by atoms with Gasteiger partial charge in [-0.05, 0) is 41.9 Å². The summed E-state index contributed by atoms with van der Waals surface area (Å²) >= 11 is 0.620. The molecule has 202 valence electrons. The van der Waals surface area contributed by atoms with E-state index in [2.05, 4.69) is 10.3 Å². The molecule has 2 heterocycles. The van der Waals surface area contributed by atoms with Gasteiger partial charge in [0.15, 0.2) is 5.78 Å². The molecule has 0 aliphatic carbocycles. The van der Waals surface area contributed by atoms with Crippen molar-refractivity contribution in [3.8, 4) is 11.5 Å². The number of imide groups is 1. The van der Waals surface area contributed by atoms with Crippen molar-refractivity contribution in [1.82, 2.24) is 10.3 Å². The van der Waals surface area contributed by atoms with Gasteiger partial charge in [-0.15, -0.1) is 0 Å². The molecule has 1 aromatic heterocycles. The first kappa shape index (κ1) is 27.1. The van der Waals surface area contributed by atoms with Crippen molar-refractivity contribution in [3.05, 3.63) is 113 Å². The molecule has 2 amide bonds. The highest BCUT2D eigenvalue weighted by molar-refractivity contribution is 8.16. The second kappa shape index (κ2) is 11.7. The van der Waals surface area contributed by atoms with Gasteiger partial charge < -0.3 is 9.15 Å². The predicted octanol–water partition coefficient (Wildman–Crippen LogP) is 5.47. The van der Waals surface area contributed by atoms with Gasteiger partial charge in [0.1, 0.15) is 12.4 Å². The maximum Gasteiger partial charge on any atom is 0.333 e. The molecule has 40 heavy (non-hydrogen) atoms. The molecule has 0 bridgehead atoms. The third kappa shape index (κ3) is 5.89. The number of carbonyl (C=O) groups is 4.